The molecular formula is C39H39BrN8O3. The first-order valence-corrected chi connectivity index (χ1v) is 18.0. The number of likely N-dealkylation sites (tertiary alicyclic amines) is 1. The number of carbonyl (C=O) groups excluding carboxylic acids is 2. The molecule has 3 aliphatic rings. The highest BCUT2D eigenvalue weighted by Crippen LogP contribution is 2.41. The Labute approximate surface area is 304 Å². The van der Waals surface area contributed by atoms with Crippen LogP contribution < -0.4 is 15.9 Å². The lowest BCUT2D eigenvalue weighted by Gasteiger charge is -2.60. The van der Waals surface area contributed by atoms with E-state index in [1.807, 2.05) is 80.6 Å². The van der Waals surface area contributed by atoms with E-state index in [0.717, 1.165) is 58.7 Å². The molecule has 260 valence electrons. The molecule has 11 nitrogen and oxygen atoms in total. The zero-order valence-corrected chi connectivity index (χ0v) is 30.4. The number of hydrogen-bond acceptors (Lipinski definition) is 7. The highest BCUT2D eigenvalue weighted by molar-refractivity contribution is 9.10. The maximum atomic E-state index is 14.4. The van der Waals surface area contributed by atoms with Gasteiger partial charge < -0.3 is 20.0 Å². The van der Waals surface area contributed by atoms with Crippen LogP contribution in [0, 0.1) is 12.3 Å². The number of benzene rings is 3. The number of rotatable bonds is 7. The van der Waals surface area contributed by atoms with Crippen LogP contribution in [0.5, 0.6) is 0 Å². The molecule has 2 aromatic heterocycles. The van der Waals surface area contributed by atoms with Crippen molar-refractivity contribution >= 4 is 33.4 Å². The number of carbonyl (C=O) groups is 2. The lowest BCUT2D eigenvalue weighted by Crippen LogP contribution is -2.71. The number of imidazole rings is 1. The molecule has 5 aromatic rings. The number of hydrogen-bond donors (Lipinski definition) is 1. The Morgan fingerprint density at radius 1 is 0.980 bits per heavy atom. The van der Waals surface area contributed by atoms with Crippen LogP contribution in [-0.2, 0) is 19.6 Å². The number of aromatic nitrogens is 4. The summed E-state index contributed by atoms with van der Waals surface area (Å²) >= 11 is 3.53. The molecule has 1 spiro atoms. The van der Waals surface area contributed by atoms with Crippen LogP contribution in [0.1, 0.15) is 44.6 Å². The van der Waals surface area contributed by atoms with Crippen molar-refractivity contribution in [1.29, 1.82) is 0 Å². The van der Waals surface area contributed by atoms with Gasteiger partial charge in [-0.05, 0) is 80.6 Å². The fourth-order valence-corrected chi connectivity index (χ4v) is 8.24. The minimum atomic E-state index is -0.400. The summed E-state index contributed by atoms with van der Waals surface area (Å²) in [6.45, 7) is 8.74. The predicted molar refractivity (Wildman–Crippen MR) is 199 cm³/mol. The summed E-state index contributed by atoms with van der Waals surface area (Å²) < 4.78 is 4.09. The van der Waals surface area contributed by atoms with Gasteiger partial charge in [-0.15, -0.1) is 0 Å². The smallest absolute Gasteiger partial charge is 0.333 e. The maximum absolute atomic E-state index is 14.4. The summed E-state index contributed by atoms with van der Waals surface area (Å²) in [7, 11) is 2.15. The third-order valence-electron chi connectivity index (χ3n) is 10.5. The number of anilines is 1. The molecule has 8 rings (SSSR count). The van der Waals surface area contributed by atoms with Gasteiger partial charge in [0.1, 0.15) is 12.0 Å². The molecule has 3 aliphatic heterocycles. The van der Waals surface area contributed by atoms with Gasteiger partial charge in [-0.2, -0.15) is 0 Å². The fraction of sp³-hybridized carbons (Fsp3) is 0.308. The average molecular weight is 748 g/mol. The molecular weight excluding hydrogens is 708 g/mol. The third-order valence-corrected chi connectivity index (χ3v) is 11.4. The molecule has 0 saturated carbocycles. The van der Waals surface area contributed by atoms with Gasteiger partial charge in [-0.1, -0.05) is 40.2 Å². The van der Waals surface area contributed by atoms with E-state index in [2.05, 4.69) is 48.1 Å². The predicted octanol–water partition coefficient (Wildman–Crippen LogP) is 4.89. The Balaban J connectivity index is 1.14. The van der Waals surface area contributed by atoms with Crippen LogP contribution in [-0.4, -0.2) is 80.0 Å². The minimum Gasteiger partial charge on any atom is -0.370 e. The Kier molecular flexibility index (Phi) is 8.38. The highest BCUT2D eigenvalue weighted by Gasteiger charge is 2.50. The number of fused-ring (bicyclic) bond motifs is 1. The molecule has 51 heavy (non-hydrogen) atoms. The Hall–Kier alpha value is -5.07. The van der Waals surface area contributed by atoms with Crippen LogP contribution in [0.25, 0.3) is 16.9 Å². The molecule has 12 heteroatoms. The third kappa shape index (κ3) is 5.95. The van der Waals surface area contributed by atoms with E-state index >= 15 is 0 Å². The number of nitrogens with zero attached hydrogens (tertiary/aromatic N) is 7. The number of aryl methyl sites for hydroxylation is 1. The Morgan fingerprint density at radius 3 is 2.43 bits per heavy atom. The highest BCUT2D eigenvalue weighted by atomic mass is 79.9. The first-order chi connectivity index (χ1) is 24.6. The van der Waals surface area contributed by atoms with Crippen molar-refractivity contribution in [1.82, 2.24) is 34.2 Å². The Bertz CT molecular complexity index is 2200. The van der Waals surface area contributed by atoms with Gasteiger partial charge in [0.25, 0.3) is 11.8 Å². The quantitative estimate of drug-likeness (QED) is 0.253. The van der Waals surface area contributed by atoms with Crippen molar-refractivity contribution in [2.75, 3.05) is 38.1 Å². The van der Waals surface area contributed by atoms with Gasteiger partial charge in [-0.3, -0.25) is 18.7 Å². The number of nitrogens with one attached hydrogen (secondary N) is 1. The van der Waals surface area contributed by atoms with Crippen molar-refractivity contribution in [3.8, 4) is 16.9 Å². The standard InChI is InChI=1S/C39H39BrN8O3/c1-25-16-27(8-13-32(25)40)37(50)46-19-34-35(36(49)42-17-28-6-4-5-7-31(28)33-14-15-41-24-43-33)48(38(51)47(34)18-26(46)2)30-11-9-29(10-12-30)45-22-39(23-45)20-44(3)21-39/h4-16,24,26H,17-23H2,1-3H3,(H,42,49)/t26-/m1/s1. The van der Waals surface area contributed by atoms with Crippen LogP contribution in [0.2, 0.25) is 0 Å². The van der Waals surface area contributed by atoms with Gasteiger partial charge in [0.05, 0.1) is 23.6 Å². The molecule has 2 fully saturated rings. The van der Waals surface area contributed by atoms with Crippen LogP contribution >= 0.6 is 15.9 Å². The van der Waals surface area contributed by atoms with E-state index in [4.69, 9.17) is 0 Å². The van der Waals surface area contributed by atoms with Gasteiger partial charge in [-0.25, -0.2) is 14.8 Å². The average Bonchev–Trinajstić information content (AvgIpc) is 3.40. The van der Waals surface area contributed by atoms with Crippen LogP contribution in [0.15, 0.2) is 94.6 Å². The SMILES string of the molecule is Cc1cc(C(=O)N2Cc3c(C(=O)NCc4ccccc4-c4ccncn4)n(-c4ccc(N5CC6(CN(C)C6)C5)cc4)c(=O)n3C[C@H]2C)ccc1Br. The number of amides is 2. The van der Waals surface area contributed by atoms with E-state index < -0.39 is 5.91 Å². The lowest BCUT2D eigenvalue weighted by atomic mass is 9.73. The molecule has 2 saturated heterocycles. The van der Waals surface area contributed by atoms with Crippen molar-refractivity contribution in [2.24, 2.45) is 5.41 Å². The van der Waals surface area contributed by atoms with E-state index in [1.54, 1.807) is 21.7 Å². The first kappa shape index (κ1) is 33.1. The molecule has 0 radical (unpaired) electrons. The summed E-state index contributed by atoms with van der Waals surface area (Å²) in [5.74, 6) is -0.549. The van der Waals surface area contributed by atoms with E-state index in [1.165, 1.54) is 10.9 Å². The normalized spacial score (nSPS) is 17.8. The van der Waals surface area contributed by atoms with Crippen LogP contribution in [0.3, 0.4) is 0 Å². The summed E-state index contributed by atoms with van der Waals surface area (Å²) in [4.78, 5) is 57.5. The second kappa shape index (κ2) is 12.9. The largest absolute Gasteiger partial charge is 0.370 e. The minimum absolute atomic E-state index is 0.111. The zero-order chi connectivity index (χ0) is 35.4. The van der Waals surface area contributed by atoms with Crippen molar-refractivity contribution < 1.29 is 9.59 Å². The van der Waals surface area contributed by atoms with E-state index in [-0.39, 0.29) is 43.0 Å². The van der Waals surface area contributed by atoms with Crippen molar-refractivity contribution in [3.63, 3.8) is 0 Å². The molecule has 3 aromatic carbocycles. The molecule has 1 atom stereocenters. The summed E-state index contributed by atoms with van der Waals surface area (Å²) in [5, 5.41) is 3.10. The van der Waals surface area contributed by atoms with Crippen molar-refractivity contribution in [3.05, 3.63) is 128 Å². The van der Waals surface area contributed by atoms with Gasteiger partial charge in [0.15, 0.2) is 0 Å². The van der Waals surface area contributed by atoms with Crippen molar-refractivity contribution in [2.45, 2.75) is 39.5 Å². The lowest BCUT2D eigenvalue weighted by molar-refractivity contribution is -0.00238. The number of halogens is 1. The summed E-state index contributed by atoms with van der Waals surface area (Å²) in [6.07, 6.45) is 3.18. The van der Waals surface area contributed by atoms with Gasteiger partial charge in [0, 0.05) is 78.2 Å². The monoisotopic (exact) mass is 746 g/mol. The molecule has 0 aliphatic carbocycles. The Morgan fingerprint density at radius 2 is 1.73 bits per heavy atom. The molecule has 2 amide bonds. The summed E-state index contributed by atoms with van der Waals surface area (Å²) in [6, 6.07) is 22.7. The molecule has 5 heterocycles. The fourth-order valence-electron chi connectivity index (χ4n) is 8.00. The molecule has 0 bridgehead atoms. The topological polar surface area (TPSA) is 109 Å². The van der Waals surface area contributed by atoms with E-state index in [9.17, 15) is 14.4 Å². The zero-order valence-electron chi connectivity index (χ0n) is 28.8. The second-order valence-corrected chi connectivity index (χ2v) is 15.1. The van der Waals surface area contributed by atoms with E-state index in [0.29, 0.717) is 22.4 Å². The first-order valence-electron chi connectivity index (χ1n) is 17.2. The van der Waals surface area contributed by atoms with Gasteiger partial charge >= 0.3 is 5.69 Å². The van der Waals surface area contributed by atoms with Gasteiger partial charge in [0.2, 0.25) is 0 Å². The molecule has 0 unspecified atom stereocenters. The second-order valence-electron chi connectivity index (χ2n) is 14.2. The van der Waals surface area contributed by atoms with Crippen LogP contribution in [0.4, 0.5) is 5.69 Å². The molecule has 1 N–H and O–H groups in total. The maximum Gasteiger partial charge on any atom is 0.333 e. The summed E-state index contributed by atoms with van der Waals surface area (Å²) in [5.41, 5.74) is 6.52.